The fraction of sp³-hybridized carbons (Fsp3) is 0.458. The minimum atomic E-state index is -1.08. The molecule has 1 rings (SSSR count). The summed E-state index contributed by atoms with van der Waals surface area (Å²) in [7, 11) is 0. The molecule has 4 heteroatoms. The molecule has 0 spiro atoms. The predicted molar refractivity (Wildman–Crippen MR) is 113 cm³/mol. The summed E-state index contributed by atoms with van der Waals surface area (Å²) >= 11 is 0. The van der Waals surface area contributed by atoms with Crippen molar-refractivity contribution in [3.8, 4) is 0 Å². The standard InChI is InChI=1S/C24H32O4/c1-18(11-9-7-8-10-12-19(2)17-25)13-14-22-23(4,5)15-21(28-20(3)26)16-24(22,6)27/h7-13,17,21,27H,15-16H2,1-6H3/b9-7+,10-8-,18-11+,19-12+/t14?,21-,24+/m0/s1. The summed E-state index contributed by atoms with van der Waals surface area (Å²) in [6.07, 6.45) is 14.5. The molecule has 28 heavy (non-hydrogen) atoms. The molecule has 1 N–H and O–H groups in total. The zero-order valence-corrected chi connectivity index (χ0v) is 17.8. The number of allylic oxidation sites excluding steroid dienone is 8. The first-order chi connectivity index (χ1) is 13.0. The maximum Gasteiger partial charge on any atom is 0.302 e. The van der Waals surface area contributed by atoms with Gasteiger partial charge in [0.2, 0.25) is 0 Å². The lowest BCUT2D eigenvalue weighted by molar-refractivity contribution is -0.152. The van der Waals surface area contributed by atoms with E-state index in [4.69, 9.17) is 4.74 Å². The molecule has 0 amide bonds. The van der Waals surface area contributed by atoms with Crippen LogP contribution in [0, 0.1) is 5.41 Å². The van der Waals surface area contributed by atoms with Crippen molar-refractivity contribution in [2.24, 2.45) is 5.41 Å². The van der Waals surface area contributed by atoms with Crippen LogP contribution in [-0.4, -0.2) is 29.1 Å². The molecular formula is C24H32O4. The smallest absolute Gasteiger partial charge is 0.302 e. The number of carbonyl (C=O) groups excluding carboxylic acids is 2. The molecule has 0 aliphatic heterocycles. The van der Waals surface area contributed by atoms with Crippen LogP contribution in [0.2, 0.25) is 0 Å². The first-order valence-electron chi connectivity index (χ1n) is 9.49. The summed E-state index contributed by atoms with van der Waals surface area (Å²) in [6, 6.07) is 0. The molecule has 1 saturated carbocycles. The molecule has 0 saturated heterocycles. The highest BCUT2D eigenvalue weighted by Gasteiger charge is 2.46. The Morgan fingerprint density at radius 2 is 1.61 bits per heavy atom. The minimum Gasteiger partial charge on any atom is -0.462 e. The van der Waals surface area contributed by atoms with Crippen LogP contribution in [-0.2, 0) is 14.3 Å². The number of hydrogen-bond donors (Lipinski definition) is 1. The maximum atomic E-state index is 11.3. The molecule has 0 aromatic carbocycles. The van der Waals surface area contributed by atoms with E-state index in [1.54, 1.807) is 19.9 Å². The van der Waals surface area contributed by atoms with Gasteiger partial charge in [-0.2, -0.15) is 0 Å². The van der Waals surface area contributed by atoms with Gasteiger partial charge in [-0.15, -0.1) is 5.73 Å². The average Bonchev–Trinajstić information content (AvgIpc) is 2.54. The van der Waals surface area contributed by atoms with Gasteiger partial charge < -0.3 is 9.84 Å². The fourth-order valence-corrected chi connectivity index (χ4v) is 3.50. The van der Waals surface area contributed by atoms with Gasteiger partial charge in [-0.05, 0) is 49.8 Å². The third kappa shape index (κ3) is 7.67. The largest absolute Gasteiger partial charge is 0.462 e. The van der Waals surface area contributed by atoms with Crippen LogP contribution >= 0.6 is 0 Å². The highest BCUT2D eigenvalue weighted by atomic mass is 16.5. The zero-order chi connectivity index (χ0) is 21.4. The first-order valence-corrected chi connectivity index (χ1v) is 9.49. The van der Waals surface area contributed by atoms with Gasteiger partial charge in [0.15, 0.2) is 0 Å². The predicted octanol–water partition coefficient (Wildman–Crippen LogP) is 4.77. The monoisotopic (exact) mass is 384 g/mol. The quantitative estimate of drug-likeness (QED) is 0.235. The van der Waals surface area contributed by atoms with E-state index in [9.17, 15) is 14.7 Å². The number of aldehydes is 1. The normalized spacial score (nSPS) is 25.7. The summed E-state index contributed by atoms with van der Waals surface area (Å²) in [5.74, 6) is -0.323. The van der Waals surface area contributed by atoms with E-state index in [0.29, 0.717) is 18.4 Å². The van der Waals surface area contributed by atoms with E-state index < -0.39 is 5.60 Å². The number of esters is 1. The van der Waals surface area contributed by atoms with Gasteiger partial charge in [0.05, 0.1) is 5.60 Å². The Bertz CT molecular complexity index is 746. The molecule has 1 aliphatic rings. The van der Waals surface area contributed by atoms with Gasteiger partial charge in [0.25, 0.3) is 0 Å². The van der Waals surface area contributed by atoms with Crippen LogP contribution in [0.25, 0.3) is 0 Å². The second-order valence-corrected chi connectivity index (χ2v) is 8.17. The Morgan fingerprint density at radius 1 is 1.04 bits per heavy atom. The first kappa shape index (κ1) is 23.6. The Labute approximate surface area is 168 Å². The number of carbonyl (C=O) groups is 2. The van der Waals surface area contributed by atoms with E-state index in [2.05, 4.69) is 5.73 Å². The lowest BCUT2D eigenvalue weighted by atomic mass is 9.65. The average molecular weight is 385 g/mol. The Kier molecular flexibility index (Phi) is 8.62. The van der Waals surface area contributed by atoms with Crippen molar-refractivity contribution in [3.05, 3.63) is 65.0 Å². The van der Waals surface area contributed by atoms with E-state index >= 15 is 0 Å². The highest BCUT2D eigenvalue weighted by Crippen LogP contribution is 2.46. The van der Waals surface area contributed by atoms with Crippen LogP contribution in [0.5, 0.6) is 0 Å². The van der Waals surface area contributed by atoms with Gasteiger partial charge in [0, 0.05) is 18.9 Å². The summed E-state index contributed by atoms with van der Waals surface area (Å²) < 4.78 is 5.34. The molecule has 0 bridgehead atoms. The molecule has 0 radical (unpaired) electrons. The van der Waals surface area contributed by atoms with Gasteiger partial charge >= 0.3 is 5.97 Å². The molecule has 0 aromatic heterocycles. The van der Waals surface area contributed by atoms with Crippen LogP contribution < -0.4 is 0 Å². The molecule has 1 aliphatic carbocycles. The lowest BCUT2D eigenvalue weighted by Gasteiger charge is -2.44. The maximum absolute atomic E-state index is 11.3. The third-order valence-electron chi connectivity index (χ3n) is 4.59. The molecule has 0 heterocycles. The van der Waals surface area contributed by atoms with Crippen LogP contribution in [0.15, 0.2) is 65.0 Å². The van der Waals surface area contributed by atoms with Crippen molar-refractivity contribution < 1.29 is 19.4 Å². The number of aliphatic hydroxyl groups is 1. The molecule has 0 aromatic rings. The third-order valence-corrected chi connectivity index (χ3v) is 4.59. The molecule has 152 valence electrons. The van der Waals surface area contributed by atoms with Gasteiger partial charge in [-0.3, -0.25) is 9.59 Å². The van der Waals surface area contributed by atoms with Crippen molar-refractivity contribution in [1.29, 1.82) is 0 Å². The van der Waals surface area contributed by atoms with Gasteiger partial charge in [-0.1, -0.05) is 50.3 Å². The van der Waals surface area contributed by atoms with Crippen molar-refractivity contribution >= 4 is 12.3 Å². The number of ether oxygens (including phenoxy) is 1. The Hall–Kier alpha value is -2.42. The summed E-state index contributed by atoms with van der Waals surface area (Å²) in [5.41, 5.74) is 4.34. The highest BCUT2D eigenvalue weighted by molar-refractivity contribution is 5.72. The number of hydrogen-bond acceptors (Lipinski definition) is 4. The van der Waals surface area contributed by atoms with E-state index in [0.717, 1.165) is 17.4 Å². The van der Waals surface area contributed by atoms with E-state index in [1.807, 2.05) is 57.2 Å². The molecule has 0 unspecified atom stereocenters. The van der Waals surface area contributed by atoms with Crippen molar-refractivity contribution in [2.45, 2.75) is 66.1 Å². The molecular weight excluding hydrogens is 352 g/mol. The molecule has 2 atom stereocenters. The van der Waals surface area contributed by atoms with Crippen LogP contribution in [0.3, 0.4) is 0 Å². The fourth-order valence-electron chi connectivity index (χ4n) is 3.50. The van der Waals surface area contributed by atoms with Gasteiger partial charge in [0.1, 0.15) is 12.4 Å². The van der Waals surface area contributed by atoms with Crippen LogP contribution in [0.1, 0.15) is 54.4 Å². The van der Waals surface area contributed by atoms with Crippen molar-refractivity contribution in [3.63, 3.8) is 0 Å². The number of rotatable bonds is 6. The zero-order valence-electron chi connectivity index (χ0n) is 17.8. The Morgan fingerprint density at radius 3 is 2.11 bits per heavy atom. The Balaban J connectivity index is 2.95. The lowest BCUT2D eigenvalue weighted by Crippen LogP contribution is -2.46. The minimum absolute atomic E-state index is 0.295. The SMILES string of the molecule is CC(=O)O[C@H]1CC(C)(C)C(=C=C/C(C)=C/C=C/C=C\C=C(/C)C=O)[C@](C)(O)C1. The van der Waals surface area contributed by atoms with E-state index in [1.165, 1.54) is 6.92 Å². The summed E-state index contributed by atoms with van der Waals surface area (Å²) in [5, 5.41) is 10.9. The topological polar surface area (TPSA) is 63.6 Å². The second-order valence-electron chi connectivity index (χ2n) is 8.17. The summed E-state index contributed by atoms with van der Waals surface area (Å²) in [4.78, 5) is 21.8. The molecule has 4 nitrogen and oxygen atoms in total. The van der Waals surface area contributed by atoms with Crippen molar-refractivity contribution in [1.82, 2.24) is 0 Å². The van der Waals surface area contributed by atoms with Crippen LogP contribution in [0.4, 0.5) is 0 Å². The van der Waals surface area contributed by atoms with Gasteiger partial charge in [-0.25, -0.2) is 0 Å². The summed E-state index contributed by atoms with van der Waals surface area (Å²) in [6.45, 7) is 10.9. The molecule has 1 fully saturated rings. The second kappa shape index (κ2) is 10.2. The van der Waals surface area contributed by atoms with E-state index in [-0.39, 0.29) is 17.5 Å². The van der Waals surface area contributed by atoms with Crippen molar-refractivity contribution in [2.75, 3.05) is 0 Å².